The molecule has 0 saturated carbocycles. The zero-order valence-electron chi connectivity index (χ0n) is 14.3. The topological polar surface area (TPSA) is 77.9 Å². The Bertz CT molecular complexity index is 617. The largest absolute Gasteiger partial charge is 0.481 e. The zero-order valence-corrected chi connectivity index (χ0v) is 14.3. The first-order valence-electron chi connectivity index (χ1n) is 8.13. The number of rotatable bonds is 6. The normalized spacial score (nSPS) is 19.9. The van der Waals surface area contributed by atoms with Crippen LogP contribution in [0.25, 0.3) is 0 Å². The Labute approximate surface area is 142 Å². The van der Waals surface area contributed by atoms with Gasteiger partial charge in [0.1, 0.15) is 0 Å². The van der Waals surface area contributed by atoms with Gasteiger partial charge in [-0.05, 0) is 12.5 Å². The van der Waals surface area contributed by atoms with Crippen LogP contribution in [0.1, 0.15) is 31.9 Å². The van der Waals surface area contributed by atoms with Gasteiger partial charge in [0, 0.05) is 26.6 Å². The maximum absolute atomic E-state index is 12.5. The van der Waals surface area contributed by atoms with E-state index in [0.717, 1.165) is 5.56 Å². The molecule has 1 fully saturated rings. The number of hydrogen-bond acceptors (Lipinski definition) is 3. The lowest BCUT2D eigenvalue weighted by Gasteiger charge is -2.26. The van der Waals surface area contributed by atoms with Crippen molar-refractivity contribution in [1.29, 1.82) is 0 Å². The number of benzene rings is 1. The Morgan fingerprint density at radius 1 is 1.29 bits per heavy atom. The van der Waals surface area contributed by atoms with Crippen molar-refractivity contribution in [3.05, 3.63) is 35.9 Å². The molecule has 3 atom stereocenters. The van der Waals surface area contributed by atoms with Crippen molar-refractivity contribution < 1.29 is 19.5 Å². The standard InChI is InChI=1S/C18H24N2O4/c1-12(18(23)24)10-19(3)17(22)15-9-16(21)20(11-15)13(2)14-7-5-4-6-8-14/h4-8,12-13,15H,9-11H2,1-3H3,(H,23,24)/t12-,13-,15+/m1/s1. The maximum Gasteiger partial charge on any atom is 0.308 e. The minimum Gasteiger partial charge on any atom is -0.481 e. The van der Waals surface area contributed by atoms with Crippen LogP contribution in [-0.2, 0) is 14.4 Å². The van der Waals surface area contributed by atoms with Crippen LogP contribution in [0, 0.1) is 11.8 Å². The summed E-state index contributed by atoms with van der Waals surface area (Å²) in [5, 5.41) is 8.96. The van der Waals surface area contributed by atoms with Crippen molar-refractivity contribution in [2.75, 3.05) is 20.1 Å². The average molecular weight is 332 g/mol. The molecule has 130 valence electrons. The van der Waals surface area contributed by atoms with Crippen LogP contribution in [0.4, 0.5) is 0 Å². The van der Waals surface area contributed by atoms with Gasteiger partial charge in [-0.25, -0.2) is 0 Å². The number of carbonyl (C=O) groups excluding carboxylic acids is 2. The van der Waals surface area contributed by atoms with Crippen molar-refractivity contribution >= 4 is 17.8 Å². The fourth-order valence-corrected chi connectivity index (χ4v) is 3.07. The molecule has 1 N–H and O–H groups in total. The summed E-state index contributed by atoms with van der Waals surface area (Å²) in [4.78, 5) is 38.9. The van der Waals surface area contributed by atoms with Crippen molar-refractivity contribution in [1.82, 2.24) is 9.80 Å². The fraction of sp³-hybridized carbons (Fsp3) is 0.500. The van der Waals surface area contributed by atoms with E-state index in [1.807, 2.05) is 37.3 Å². The number of hydrogen-bond donors (Lipinski definition) is 1. The second-order valence-electron chi connectivity index (χ2n) is 6.49. The van der Waals surface area contributed by atoms with Crippen molar-refractivity contribution in [3.8, 4) is 0 Å². The summed E-state index contributed by atoms with van der Waals surface area (Å²) in [5.74, 6) is -2.18. The highest BCUT2D eigenvalue weighted by Crippen LogP contribution is 2.29. The minimum absolute atomic E-state index is 0.0376. The highest BCUT2D eigenvalue weighted by Gasteiger charge is 2.38. The quantitative estimate of drug-likeness (QED) is 0.861. The van der Waals surface area contributed by atoms with E-state index in [9.17, 15) is 14.4 Å². The molecule has 1 aliphatic rings. The van der Waals surface area contributed by atoms with Gasteiger partial charge >= 0.3 is 5.97 Å². The number of aliphatic carboxylic acids is 1. The molecule has 24 heavy (non-hydrogen) atoms. The molecular weight excluding hydrogens is 308 g/mol. The molecule has 2 rings (SSSR count). The van der Waals surface area contributed by atoms with Crippen molar-refractivity contribution in [2.45, 2.75) is 26.3 Å². The molecule has 0 radical (unpaired) electrons. The third-order valence-electron chi connectivity index (χ3n) is 4.60. The molecule has 6 nitrogen and oxygen atoms in total. The lowest BCUT2D eigenvalue weighted by atomic mass is 10.1. The van der Waals surface area contributed by atoms with E-state index in [1.54, 1.807) is 18.9 Å². The summed E-state index contributed by atoms with van der Waals surface area (Å²) in [6.07, 6.45) is 0.182. The molecule has 6 heteroatoms. The van der Waals surface area contributed by atoms with Gasteiger partial charge in [-0.1, -0.05) is 37.3 Å². The lowest BCUT2D eigenvalue weighted by molar-refractivity contribution is -0.143. The summed E-state index contributed by atoms with van der Waals surface area (Å²) >= 11 is 0. The predicted octanol–water partition coefficient (Wildman–Crippen LogP) is 1.78. The van der Waals surface area contributed by atoms with Gasteiger partial charge < -0.3 is 14.9 Å². The number of carbonyl (C=O) groups is 3. The number of likely N-dealkylation sites (tertiary alicyclic amines) is 1. The summed E-state index contributed by atoms with van der Waals surface area (Å²) in [6.45, 7) is 4.04. The highest BCUT2D eigenvalue weighted by atomic mass is 16.4. The van der Waals surface area contributed by atoms with E-state index >= 15 is 0 Å². The monoisotopic (exact) mass is 332 g/mol. The van der Waals surface area contributed by atoms with Gasteiger partial charge in [0.25, 0.3) is 0 Å². The van der Waals surface area contributed by atoms with E-state index in [4.69, 9.17) is 5.11 Å². The molecule has 2 amide bonds. The molecule has 1 heterocycles. The zero-order chi connectivity index (χ0) is 17.9. The molecule has 0 unspecified atom stereocenters. The van der Waals surface area contributed by atoms with Gasteiger partial charge in [-0.3, -0.25) is 14.4 Å². The molecule has 1 aromatic carbocycles. The Morgan fingerprint density at radius 3 is 2.50 bits per heavy atom. The first-order chi connectivity index (χ1) is 11.3. The van der Waals surface area contributed by atoms with E-state index in [1.165, 1.54) is 4.90 Å². The summed E-state index contributed by atoms with van der Waals surface area (Å²) in [7, 11) is 1.59. The molecule has 1 saturated heterocycles. The molecule has 1 aliphatic heterocycles. The SMILES string of the molecule is C[C@H](CN(C)C(=O)[C@H]1CC(=O)N([C@H](C)c2ccccc2)C1)C(=O)O. The number of carboxylic acid groups (broad SMARTS) is 1. The van der Waals surface area contributed by atoms with Gasteiger partial charge in [0.15, 0.2) is 0 Å². The van der Waals surface area contributed by atoms with E-state index in [2.05, 4.69) is 0 Å². The second-order valence-corrected chi connectivity index (χ2v) is 6.49. The van der Waals surface area contributed by atoms with E-state index < -0.39 is 17.8 Å². The predicted molar refractivity (Wildman–Crippen MR) is 89.1 cm³/mol. The third kappa shape index (κ3) is 3.93. The molecule has 1 aromatic rings. The smallest absolute Gasteiger partial charge is 0.308 e. The van der Waals surface area contributed by atoms with Crippen molar-refractivity contribution in [2.24, 2.45) is 11.8 Å². The summed E-state index contributed by atoms with van der Waals surface area (Å²) < 4.78 is 0. The van der Waals surface area contributed by atoms with Crippen LogP contribution >= 0.6 is 0 Å². The lowest BCUT2D eigenvalue weighted by Crippen LogP contribution is -2.38. The van der Waals surface area contributed by atoms with Crippen LogP contribution in [-0.4, -0.2) is 52.8 Å². The van der Waals surface area contributed by atoms with Crippen LogP contribution in [0.15, 0.2) is 30.3 Å². The average Bonchev–Trinajstić information content (AvgIpc) is 2.95. The Hall–Kier alpha value is -2.37. The van der Waals surface area contributed by atoms with Gasteiger partial charge in [-0.2, -0.15) is 0 Å². The number of amides is 2. The first-order valence-corrected chi connectivity index (χ1v) is 8.13. The maximum atomic E-state index is 12.5. The van der Waals surface area contributed by atoms with Gasteiger partial charge in [0.05, 0.1) is 17.9 Å². The summed E-state index contributed by atoms with van der Waals surface area (Å²) in [6, 6.07) is 9.63. The van der Waals surface area contributed by atoms with E-state index in [-0.39, 0.29) is 30.8 Å². The summed E-state index contributed by atoms with van der Waals surface area (Å²) in [5.41, 5.74) is 1.03. The Morgan fingerprint density at radius 2 is 1.92 bits per heavy atom. The van der Waals surface area contributed by atoms with Crippen LogP contribution in [0.5, 0.6) is 0 Å². The van der Waals surface area contributed by atoms with Gasteiger partial charge in [-0.15, -0.1) is 0 Å². The van der Waals surface area contributed by atoms with Crippen LogP contribution in [0.3, 0.4) is 0 Å². The molecule has 0 spiro atoms. The number of carboxylic acids is 1. The molecule has 0 bridgehead atoms. The third-order valence-corrected chi connectivity index (χ3v) is 4.60. The molecule has 0 aliphatic carbocycles. The second kappa shape index (κ2) is 7.47. The van der Waals surface area contributed by atoms with Gasteiger partial charge in [0.2, 0.25) is 11.8 Å². The first kappa shape index (κ1) is 18.0. The fourth-order valence-electron chi connectivity index (χ4n) is 3.07. The van der Waals surface area contributed by atoms with Crippen LogP contribution in [0.2, 0.25) is 0 Å². The molecule has 0 aromatic heterocycles. The van der Waals surface area contributed by atoms with E-state index in [0.29, 0.717) is 6.54 Å². The van der Waals surface area contributed by atoms with Crippen LogP contribution < -0.4 is 0 Å². The minimum atomic E-state index is -0.934. The Kier molecular flexibility index (Phi) is 5.59. The number of nitrogens with zero attached hydrogens (tertiary/aromatic N) is 2. The molecular formula is C18H24N2O4. The highest BCUT2D eigenvalue weighted by molar-refractivity contribution is 5.89. The Balaban J connectivity index is 2.01. The van der Waals surface area contributed by atoms with Crippen molar-refractivity contribution in [3.63, 3.8) is 0 Å².